The third kappa shape index (κ3) is 5.55. The monoisotopic (exact) mass is 424 g/mol. The smallest absolute Gasteiger partial charge is 0.262 e. The molecule has 0 atom stereocenters. The topological polar surface area (TPSA) is 67.4 Å². The van der Waals surface area contributed by atoms with Crippen LogP contribution in [0.2, 0.25) is 0 Å². The maximum atomic E-state index is 11.9. The first kappa shape index (κ1) is 17.3. The Morgan fingerprint density at radius 1 is 1.04 bits per heavy atom. The number of hydrogen-bond donors (Lipinski definition) is 2. The third-order valence-corrected chi connectivity index (χ3v) is 4.16. The van der Waals surface area contributed by atoms with Crippen LogP contribution >= 0.6 is 22.6 Å². The van der Waals surface area contributed by atoms with Gasteiger partial charge in [-0.15, -0.1) is 0 Å². The van der Waals surface area contributed by atoms with E-state index in [1.54, 1.807) is 24.3 Å². The molecule has 0 saturated heterocycles. The largest absolute Gasteiger partial charge is 0.484 e. The zero-order valence-corrected chi connectivity index (χ0v) is 15.0. The molecule has 23 heavy (non-hydrogen) atoms. The zero-order chi connectivity index (χ0) is 16.8. The van der Waals surface area contributed by atoms with Crippen LogP contribution in [0.1, 0.15) is 12.5 Å². The highest BCUT2D eigenvalue weighted by Gasteiger charge is 2.05. The molecule has 0 spiro atoms. The predicted molar refractivity (Wildman–Crippen MR) is 98.8 cm³/mol. The maximum Gasteiger partial charge on any atom is 0.262 e. The van der Waals surface area contributed by atoms with Crippen molar-refractivity contribution in [3.63, 3.8) is 0 Å². The van der Waals surface area contributed by atoms with Gasteiger partial charge in [-0.05, 0) is 71.5 Å². The van der Waals surface area contributed by atoms with E-state index in [1.807, 2.05) is 25.1 Å². The van der Waals surface area contributed by atoms with Crippen molar-refractivity contribution in [1.82, 2.24) is 0 Å². The Kier molecular flexibility index (Phi) is 5.97. The second-order valence-corrected chi connectivity index (χ2v) is 6.17. The summed E-state index contributed by atoms with van der Waals surface area (Å²) in [7, 11) is 0. The molecule has 2 N–H and O–H groups in total. The van der Waals surface area contributed by atoms with Gasteiger partial charge in [0.1, 0.15) is 5.75 Å². The molecule has 0 saturated carbocycles. The van der Waals surface area contributed by atoms with Gasteiger partial charge in [0.15, 0.2) is 6.61 Å². The molecule has 0 unspecified atom stereocenters. The number of anilines is 2. The minimum Gasteiger partial charge on any atom is -0.484 e. The quantitative estimate of drug-likeness (QED) is 0.722. The molecule has 0 aliphatic heterocycles. The summed E-state index contributed by atoms with van der Waals surface area (Å²) in [6.07, 6.45) is 0. The van der Waals surface area contributed by atoms with E-state index in [9.17, 15) is 9.59 Å². The van der Waals surface area contributed by atoms with Crippen molar-refractivity contribution in [3.05, 3.63) is 51.6 Å². The molecule has 2 rings (SSSR count). The Balaban J connectivity index is 1.86. The number of carbonyl (C=O) groups is 2. The molecule has 5 nitrogen and oxygen atoms in total. The Morgan fingerprint density at radius 2 is 1.70 bits per heavy atom. The number of nitrogens with one attached hydrogen (secondary N) is 2. The lowest BCUT2D eigenvalue weighted by molar-refractivity contribution is -0.118. The van der Waals surface area contributed by atoms with Crippen LogP contribution in [0.15, 0.2) is 42.5 Å². The molecule has 0 aliphatic rings. The molecular weight excluding hydrogens is 407 g/mol. The summed E-state index contributed by atoms with van der Waals surface area (Å²) in [5.74, 6) is 0.203. The summed E-state index contributed by atoms with van der Waals surface area (Å²) in [5, 5.41) is 5.46. The first-order valence-electron chi connectivity index (χ1n) is 7.00. The first-order valence-corrected chi connectivity index (χ1v) is 8.08. The van der Waals surface area contributed by atoms with E-state index in [-0.39, 0.29) is 18.4 Å². The number of ether oxygens (including phenoxy) is 1. The maximum absolute atomic E-state index is 11.9. The fourth-order valence-electron chi connectivity index (χ4n) is 1.85. The fraction of sp³-hybridized carbons (Fsp3) is 0.176. The van der Waals surface area contributed by atoms with E-state index >= 15 is 0 Å². The highest BCUT2D eigenvalue weighted by atomic mass is 127. The van der Waals surface area contributed by atoms with Gasteiger partial charge < -0.3 is 15.4 Å². The number of aryl methyl sites for hydroxylation is 1. The molecule has 0 aliphatic carbocycles. The van der Waals surface area contributed by atoms with E-state index in [2.05, 4.69) is 33.2 Å². The van der Waals surface area contributed by atoms with Gasteiger partial charge in [0.2, 0.25) is 5.91 Å². The molecule has 120 valence electrons. The van der Waals surface area contributed by atoms with Crippen LogP contribution in [0.3, 0.4) is 0 Å². The standard InChI is InChI=1S/C17H17IN2O3/c1-11-3-4-14(9-16(11)18)20-17(22)10-23-15-7-5-13(6-8-15)19-12(2)21/h3-9H,10H2,1-2H3,(H,19,21)(H,20,22). The molecule has 2 aromatic carbocycles. The van der Waals surface area contributed by atoms with Crippen molar-refractivity contribution >= 4 is 45.8 Å². The summed E-state index contributed by atoms with van der Waals surface area (Å²) >= 11 is 2.23. The Bertz CT molecular complexity index is 714. The SMILES string of the molecule is CC(=O)Nc1ccc(OCC(=O)Nc2ccc(C)c(I)c2)cc1. The zero-order valence-electron chi connectivity index (χ0n) is 12.9. The number of carbonyl (C=O) groups excluding carboxylic acids is 2. The van der Waals surface area contributed by atoms with Gasteiger partial charge in [-0.1, -0.05) is 6.07 Å². The average Bonchev–Trinajstić information content (AvgIpc) is 2.50. The lowest BCUT2D eigenvalue weighted by atomic mass is 10.2. The van der Waals surface area contributed by atoms with Crippen LogP contribution in [-0.4, -0.2) is 18.4 Å². The van der Waals surface area contributed by atoms with E-state index in [0.717, 1.165) is 9.26 Å². The van der Waals surface area contributed by atoms with Crippen molar-refractivity contribution in [2.45, 2.75) is 13.8 Å². The van der Waals surface area contributed by atoms with Crippen molar-refractivity contribution in [2.75, 3.05) is 17.2 Å². The van der Waals surface area contributed by atoms with Crippen LogP contribution < -0.4 is 15.4 Å². The molecule has 2 aromatic rings. The van der Waals surface area contributed by atoms with Gasteiger partial charge in [0.05, 0.1) is 0 Å². The summed E-state index contributed by atoms with van der Waals surface area (Å²) in [6, 6.07) is 12.6. The summed E-state index contributed by atoms with van der Waals surface area (Å²) < 4.78 is 6.52. The molecule has 0 radical (unpaired) electrons. The average molecular weight is 424 g/mol. The van der Waals surface area contributed by atoms with Gasteiger partial charge in [-0.3, -0.25) is 9.59 Å². The number of hydrogen-bond acceptors (Lipinski definition) is 3. The van der Waals surface area contributed by atoms with Crippen LogP contribution in [0, 0.1) is 10.5 Å². The molecule has 6 heteroatoms. The molecule has 0 bridgehead atoms. The lowest BCUT2D eigenvalue weighted by Crippen LogP contribution is -2.20. The number of halogens is 1. The van der Waals surface area contributed by atoms with Crippen LogP contribution in [0.4, 0.5) is 11.4 Å². The molecule has 2 amide bonds. The lowest BCUT2D eigenvalue weighted by Gasteiger charge is -2.09. The Hall–Kier alpha value is -2.09. The van der Waals surface area contributed by atoms with Gasteiger partial charge in [-0.25, -0.2) is 0 Å². The van der Waals surface area contributed by atoms with Crippen LogP contribution in [-0.2, 0) is 9.59 Å². The second-order valence-electron chi connectivity index (χ2n) is 5.01. The van der Waals surface area contributed by atoms with Crippen molar-refractivity contribution < 1.29 is 14.3 Å². The van der Waals surface area contributed by atoms with Gasteiger partial charge in [0.25, 0.3) is 5.91 Å². The normalized spacial score (nSPS) is 10.0. The van der Waals surface area contributed by atoms with E-state index in [0.29, 0.717) is 11.4 Å². The molecular formula is C17H17IN2O3. The summed E-state index contributed by atoms with van der Waals surface area (Å²) in [6.45, 7) is 3.38. The summed E-state index contributed by atoms with van der Waals surface area (Å²) in [5.41, 5.74) is 2.59. The fourth-order valence-corrected chi connectivity index (χ4v) is 2.37. The van der Waals surface area contributed by atoms with Gasteiger partial charge in [-0.2, -0.15) is 0 Å². The van der Waals surface area contributed by atoms with Gasteiger partial charge in [0, 0.05) is 21.9 Å². The minimum atomic E-state index is -0.226. The minimum absolute atomic E-state index is 0.0794. The second kappa shape index (κ2) is 7.96. The van der Waals surface area contributed by atoms with E-state index in [4.69, 9.17) is 4.74 Å². The van der Waals surface area contributed by atoms with Crippen molar-refractivity contribution in [3.8, 4) is 5.75 Å². The van der Waals surface area contributed by atoms with Crippen LogP contribution in [0.5, 0.6) is 5.75 Å². The van der Waals surface area contributed by atoms with E-state index < -0.39 is 0 Å². The first-order chi connectivity index (χ1) is 10.9. The molecule has 0 fully saturated rings. The Morgan fingerprint density at radius 3 is 2.30 bits per heavy atom. The molecule has 0 heterocycles. The number of amides is 2. The van der Waals surface area contributed by atoms with Crippen molar-refractivity contribution in [2.24, 2.45) is 0 Å². The predicted octanol–water partition coefficient (Wildman–Crippen LogP) is 3.58. The Labute approximate surface area is 148 Å². The van der Waals surface area contributed by atoms with E-state index in [1.165, 1.54) is 12.5 Å². The number of benzene rings is 2. The third-order valence-electron chi connectivity index (χ3n) is 3.00. The molecule has 0 aromatic heterocycles. The van der Waals surface area contributed by atoms with Crippen LogP contribution in [0.25, 0.3) is 0 Å². The highest BCUT2D eigenvalue weighted by Crippen LogP contribution is 2.18. The highest BCUT2D eigenvalue weighted by molar-refractivity contribution is 14.1. The number of rotatable bonds is 5. The van der Waals surface area contributed by atoms with Gasteiger partial charge >= 0.3 is 0 Å². The van der Waals surface area contributed by atoms with Crippen molar-refractivity contribution in [1.29, 1.82) is 0 Å². The summed E-state index contributed by atoms with van der Waals surface area (Å²) in [4.78, 5) is 22.8.